The normalized spacial score (nSPS) is 16.6. The molecule has 1 aliphatic heterocycles. The molecule has 3 aromatic rings. The van der Waals surface area contributed by atoms with Crippen LogP contribution in [0.4, 0.5) is 0 Å². The Bertz CT molecular complexity index is 917. The molecule has 1 atom stereocenters. The number of phenolic OH excluding ortho intramolecular Hbond substituents is 1. The molecule has 1 saturated heterocycles. The minimum atomic E-state index is -0.0688. The van der Waals surface area contributed by atoms with Gasteiger partial charge in [-0.15, -0.1) is 0 Å². The summed E-state index contributed by atoms with van der Waals surface area (Å²) in [5.41, 5.74) is 3.04. The molecule has 1 aromatic heterocycles. The molecule has 5 nitrogen and oxygen atoms in total. The van der Waals surface area contributed by atoms with E-state index in [1.807, 2.05) is 37.3 Å². The van der Waals surface area contributed by atoms with Crippen molar-refractivity contribution in [3.05, 3.63) is 76.6 Å². The summed E-state index contributed by atoms with van der Waals surface area (Å²) in [6.45, 7) is 4.70. The van der Waals surface area contributed by atoms with Gasteiger partial charge in [0.05, 0.1) is 5.69 Å². The first-order valence-electron chi connectivity index (χ1n) is 10.0. The number of likely N-dealkylation sites (tertiary alicyclic amines) is 1. The summed E-state index contributed by atoms with van der Waals surface area (Å²) in [4.78, 5) is 9.87. The number of ether oxygens (including phenoxy) is 1. The van der Waals surface area contributed by atoms with Crippen molar-refractivity contribution in [1.82, 2.24) is 14.9 Å². The zero-order valence-corrected chi connectivity index (χ0v) is 17.3. The van der Waals surface area contributed by atoms with E-state index < -0.39 is 0 Å². The van der Waals surface area contributed by atoms with E-state index in [-0.39, 0.29) is 6.10 Å². The maximum Gasteiger partial charge on any atom is 0.295 e. The van der Waals surface area contributed by atoms with Gasteiger partial charge in [-0.3, -0.25) is 9.88 Å². The molecule has 0 radical (unpaired) electrons. The number of hydrogen-bond acceptors (Lipinski definition) is 4. The first-order chi connectivity index (χ1) is 14.1. The van der Waals surface area contributed by atoms with E-state index >= 15 is 0 Å². The van der Waals surface area contributed by atoms with Crippen molar-refractivity contribution in [2.45, 2.75) is 32.4 Å². The van der Waals surface area contributed by atoms with Crippen LogP contribution in [0.2, 0.25) is 5.15 Å². The lowest BCUT2D eigenvalue weighted by Gasteiger charge is -2.36. The number of halogens is 1. The number of aryl methyl sites for hydroxylation is 1. The Morgan fingerprint density at radius 1 is 1.17 bits per heavy atom. The van der Waals surface area contributed by atoms with E-state index in [9.17, 15) is 5.11 Å². The number of benzene rings is 2. The fraction of sp³-hybridized carbons (Fsp3) is 0.348. The Kier molecular flexibility index (Phi) is 6.07. The standard InChI is InChI=1S/C23H26ClN3O2/c1-16-22(24)26-23(25-16)29-21(18-7-3-2-4-8-18)19-10-12-27(13-11-19)15-17-6-5-9-20(28)14-17/h2-9,14,19,21,28H,10-13,15H2,1H3,(H,25,26). The topological polar surface area (TPSA) is 61.4 Å². The van der Waals surface area contributed by atoms with Gasteiger partial charge in [0.1, 0.15) is 17.0 Å². The van der Waals surface area contributed by atoms with Crippen molar-refractivity contribution in [3.63, 3.8) is 0 Å². The Balaban J connectivity index is 1.44. The third-order valence-electron chi connectivity index (χ3n) is 5.55. The van der Waals surface area contributed by atoms with E-state index in [1.165, 1.54) is 0 Å². The second kappa shape index (κ2) is 8.89. The van der Waals surface area contributed by atoms with E-state index in [0.29, 0.717) is 22.8 Å². The molecule has 2 aromatic carbocycles. The van der Waals surface area contributed by atoms with Gasteiger partial charge in [0.2, 0.25) is 0 Å². The zero-order valence-electron chi connectivity index (χ0n) is 16.5. The number of phenols is 1. The van der Waals surface area contributed by atoms with Crippen LogP contribution in [0.5, 0.6) is 11.8 Å². The third-order valence-corrected chi connectivity index (χ3v) is 5.92. The molecule has 29 heavy (non-hydrogen) atoms. The number of aromatic nitrogens is 2. The van der Waals surface area contributed by atoms with Crippen LogP contribution in [0.1, 0.15) is 35.8 Å². The molecule has 0 spiro atoms. The average Bonchev–Trinajstić information content (AvgIpc) is 3.05. The van der Waals surface area contributed by atoms with E-state index in [0.717, 1.165) is 49.3 Å². The van der Waals surface area contributed by atoms with Crippen LogP contribution >= 0.6 is 11.6 Å². The largest absolute Gasteiger partial charge is 0.508 e. The van der Waals surface area contributed by atoms with Crippen LogP contribution in [0.25, 0.3) is 0 Å². The summed E-state index contributed by atoms with van der Waals surface area (Å²) >= 11 is 6.13. The zero-order chi connectivity index (χ0) is 20.2. The van der Waals surface area contributed by atoms with Gasteiger partial charge in [-0.2, -0.15) is 4.98 Å². The molecule has 152 valence electrons. The molecule has 0 saturated carbocycles. The Labute approximate surface area is 176 Å². The van der Waals surface area contributed by atoms with Gasteiger partial charge in [-0.05, 0) is 56.1 Å². The maximum atomic E-state index is 9.69. The van der Waals surface area contributed by atoms with Gasteiger partial charge in [0.15, 0.2) is 0 Å². The SMILES string of the molecule is Cc1nc(OC(c2ccccc2)C2CCN(Cc3cccc(O)c3)CC2)[nH]c1Cl. The van der Waals surface area contributed by atoms with Crippen molar-refractivity contribution in [2.75, 3.05) is 13.1 Å². The number of nitrogens with zero attached hydrogens (tertiary/aromatic N) is 2. The molecule has 2 heterocycles. The number of rotatable bonds is 6. The van der Waals surface area contributed by atoms with Gasteiger partial charge in [0, 0.05) is 12.5 Å². The lowest BCUT2D eigenvalue weighted by atomic mass is 9.87. The second-order valence-corrected chi connectivity index (χ2v) is 8.05. The number of nitrogens with one attached hydrogen (secondary N) is 1. The number of piperidine rings is 1. The Morgan fingerprint density at radius 3 is 2.59 bits per heavy atom. The van der Waals surface area contributed by atoms with Crippen molar-refractivity contribution in [3.8, 4) is 11.8 Å². The molecule has 0 amide bonds. The van der Waals surface area contributed by atoms with Crippen molar-refractivity contribution < 1.29 is 9.84 Å². The van der Waals surface area contributed by atoms with Gasteiger partial charge < -0.3 is 9.84 Å². The highest BCUT2D eigenvalue weighted by molar-refractivity contribution is 6.30. The van der Waals surface area contributed by atoms with Gasteiger partial charge >= 0.3 is 0 Å². The van der Waals surface area contributed by atoms with E-state index in [2.05, 4.69) is 33.1 Å². The summed E-state index contributed by atoms with van der Waals surface area (Å²) < 4.78 is 6.31. The smallest absolute Gasteiger partial charge is 0.295 e. The predicted molar refractivity (Wildman–Crippen MR) is 114 cm³/mol. The number of aromatic amines is 1. The van der Waals surface area contributed by atoms with Gasteiger partial charge in [-0.1, -0.05) is 54.1 Å². The molecule has 1 unspecified atom stereocenters. The third kappa shape index (κ3) is 4.92. The summed E-state index contributed by atoms with van der Waals surface area (Å²) in [5.74, 6) is 0.712. The van der Waals surface area contributed by atoms with Gasteiger partial charge in [-0.25, -0.2) is 0 Å². The minimum absolute atomic E-state index is 0.0688. The molecule has 1 fully saturated rings. The molecule has 0 aliphatic carbocycles. The summed E-state index contributed by atoms with van der Waals surface area (Å²) in [6.07, 6.45) is 2.00. The van der Waals surface area contributed by atoms with Crippen LogP contribution in [0.3, 0.4) is 0 Å². The van der Waals surface area contributed by atoms with Gasteiger partial charge in [0.25, 0.3) is 6.01 Å². The first kappa shape index (κ1) is 19.8. The van der Waals surface area contributed by atoms with Crippen LogP contribution in [0, 0.1) is 12.8 Å². The molecule has 2 N–H and O–H groups in total. The van der Waals surface area contributed by atoms with Crippen LogP contribution in [0.15, 0.2) is 54.6 Å². The van der Waals surface area contributed by atoms with Crippen molar-refractivity contribution >= 4 is 11.6 Å². The fourth-order valence-electron chi connectivity index (χ4n) is 4.00. The second-order valence-electron chi connectivity index (χ2n) is 7.67. The lowest BCUT2D eigenvalue weighted by Crippen LogP contribution is -2.36. The van der Waals surface area contributed by atoms with Crippen LogP contribution in [-0.4, -0.2) is 33.1 Å². The number of imidazole rings is 1. The van der Waals surface area contributed by atoms with Crippen LogP contribution < -0.4 is 4.74 Å². The quantitative estimate of drug-likeness (QED) is 0.591. The van der Waals surface area contributed by atoms with E-state index in [4.69, 9.17) is 16.3 Å². The Morgan fingerprint density at radius 2 is 1.93 bits per heavy atom. The summed E-state index contributed by atoms with van der Waals surface area (Å²) in [5, 5.41) is 10.2. The molecule has 1 aliphatic rings. The molecular formula is C23H26ClN3O2. The maximum absolute atomic E-state index is 9.69. The highest BCUT2D eigenvalue weighted by Crippen LogP contribution is 2.35. The molecular weight excluding hydrogens is 386 g/mol. The molecule has 0 bridgehead atoms. The van der Waals surface area contributed by atoms with Crippen molar-refractivity contribution in [1.29, 1.82) is 0 Å². The highest BCUT2D eigenvalue weighted by Gasteiger charge is 2.30. The molecule has 6 heteroatoms. The number of H-pyrrole nitrogens is 1. The van der Waals surface area contributed by atoms with Crippen molar-refractivity contribution in [2.24, 2.45) is 5.92 Å². The lowest BCUT2D eigenvalue weighted by molar-refractivity contribution is 0.0678. The van der Waals surface area contributed by atoms with Crippen LogP contribution in [-0.2, 0) is 6.54 Å². The monoisotopic (exact) mass is 411 g/mol. The number of aromatic hydroxyl groups is 1. The molecule has 4 rings (SSSR count). The number of hydrogen-bond donors (Lipinski definition) is 2. The Hall–Kier alpha value is -2.50. The summed E-state index contributed by atoms with van der Waals surface area (Å²) in [6, 6.07) is 18.3. The first-order valence-corrected chi connectivity index (χ1v) is 10.4. The average molecular weight is 412 g/mol. The predicted octanol–water partition coefficient (Wildman–Crippen LogP) is 5.11. The van der Waals surface area contributed by atoms with E-state index in [1.54, 1.807) is 6.07 Å². The summed E-state index contributed by atoms with van der Waals surface area (Å²) in [7, 11) is 0. The highest BCUT2D eigenvalue weighted by atomic mass is 35.5. The fourth-order valence-corrected chi connectivity index (χ4v) is 4.12. The minimum Gasteiger partial charge on any atom is -0.508 e.